The predicted molar refractivity (Wildman–Crippen MR) is 47.8 cm³/mol. The van der Waals surface area contributed by atoms with Crippen LogP contribution in [0.15, 0.2) is 20.0 Å². The maximum atomic E-state index is 8.68. The summed E-state index contributed by atoms with van der Waals surface area (Å²) < 4.78 is 1.39. The van der Waals surface area contributed by atoms with Crippen LogP contribution in [0.3, 0.4) is 0 Å². The Morgan fingerprint density at radius 2 is 1.45 bits per heavy atom. The second-order valence-corrected chi connectivity index (χ2v) is 4.63. The fourth-order valence-electron chi connectivity index (χ4n) is 0.346. The summed E-state index contributed by atoms with van der Waals surface area (Å²) in [6, 6.07) is 0. The van der Waals surface area contributed by atoms with E-state index in [1.807, 2.05) is 0 Å². The molecule has 0 amide bonds. The van der Waals surface area contributed by atoms with E-state index in [0.29, 0.717) is 8.94 Å². The van der Waals surface area contributed by atoms with E-state index in [9.17, 15) is 0 Å². The van der Waals surface area contributed by atoms with Crippen molar-refractivity contribution in [1.29, 1.82) is 0 Å². The summed E-state index contributed by atoms with van der Waals surface area (Å²) in [6.45, 7) is -0.171. The molecular formula is C6H8Cl2O2Se. The molecule has 0 aliphatic heterocycles. The number of hydrogen-bond acceptors (Lipinski definition) is 2. The van der Waals surface area contributed by atoms with E-state index in [2.05, 4.69) is 0 Å². The van der Waals surface area contributed by atoms with Gasteiger partial charge in [0, 0.05) is 0 Å². The Hall–Kier alpha value is 0.499. The number of hydrogen-bond donors (Lipinski definition) is 2. The van der Waals surface area contributed by atoms with Gasteiger partial charge in [-0.2, -0.15) is 0 Å². The Labute approximate surface area is 81.7 Å². The zero-order valence-corrected chi connectivity index (χ0v) is 8.85. The first-order chi connectivity index (χ1) is 5.28. The van der Waals surface area contributed by atoms with Gasteiger partial charge in [-0.25, -0.2) is 0 Å². The molecule has 5 heteroatoms. The molecule has 0 saturated heterocycles. The molecule has 0 aromatic carbocycles. The van der Waals surface area contributed by atoms with Crippen LogP contribution in [-0.4, -0.2) is 38.4 Å². The molecule has 0 heterocycles. The van der Waals surface area contributed by atoms with Crippen LogP contribution in [0.4, 0.5) is 0 Å². The van der Waals surface area contributed by atoms with Crippen LogP contribution in [0.2, 0.25) is 0 Å². The van der Waals surface area contributed by atoms with Crippen LogP contribution in [0.25, 0.3) is 0 Å². The third-order valence-electron chi connectivity index (χ3n) is 0.817. The maximum absolute atomic E-state index is 8.68. The molecule has 0 spiro atoms. The van der Waals surface area contributed by atoms with Gasteiger partial charge < -0.3 is 0 Å². The monoisotopic (exact) mass is 262 g/mol. The molecule has 0 bridgehead atoms. The van der Waals surface area contributed by atoms with Gasteiger partial charge in [0.25, 0.3) is 0 Å². The fraction of sp³-hybridized carbons (Fsp3) is 0.333. The number of aliphatic hydroxyl groups excluding tert-OH is 2. The Bertz CT molecular complexity index is 150. The zero-order chi connectivity index (χ0) is 8.69. The summed E-state index contributed by atoms with van der Waals surface area (Å²) in [7, 11) is 0. The molecule has 11 heavy (non-hydrogen) atoms. The second kappa shape index (κ2) is 7.16. The van der Waals surface area contributed by atoms with Crippen molar-refractivity contribution < 1.29 is 10.2 Å². The minimum absolute atomic E-state index is 0.0856. The summed E-state index contributed by atoms with van der Waals surface area (Å²) in [5.74, 6) is 0. The van der Waals surface area contributed by atoms with Gasteiger partial charge in [-0.3, -0.25) is 0 Å². The van der Waals surface area contributed by atoms with Gasteiger partial charge in [-0.15, -0.1) is 0 Å². The Morgan fingerprint density at radius 1 is 1.09 bits per heavy atom. The third-order valence-corrected chi connectivity index (χ3v) is 4.07. The molecular weight excluding hydrogens is 254 g/mol. The van der Waals surface area contributed by atoms with Crippen molar-refractivity contribution in [3.63, 3.8) is 0 Å². The summed E-state index contributed by atoms with van der Waals surface area (Å²) in [5, 5.41) is 17.4. The van der Waals surface area contributed by atoms with Crippen LogP contribution in [0.5, 0.6) is 0 Å². The van der Waals surface area contributed by atoms with Gasteiger partial charge in [-0.1, -0.05) is 0 Å². The van der Waals surface area contributed by atoms with Crippen molar-refractivity contribution in [2.45, 2.75) is 0 Å². The molecule has 64 valence electrons. The predicted octanol–water partition coefficient (Wildman–Crippen LogP) is 0.836. The minimum atomic E-state index is -0.132. The molecule has 0 atom stereocenters. The summed E-state index contributed by atoms with van der Waals surface area (Å²) in [4.78, 5) is 0. The van der Waals surface area contributed by atoms with Gasteiger partial charge >= 0.3 is 81.6 Å². The molecule has 0 aromatic rings. The average Bonchev–Trinajstić information content (AvgIpc) is 2.07. The first-order valence-corrected chi connectivity index (χ1v) is 5.35. The summed E-state index contributed by atoms with van der Waals surface area (Å²) >= 11 is 10.6. The van der Waals surface area contributed by atoms with E-state index >= 15 is 0 Å². The van der Waals surface area contributed by atoms with Gasteiger partial charge in [0.05, 0.1) is 0 Å². The molecule has 0 fully saturated rings. The standard InChI is InChI=1S/C6H8Cl2O2Se/c7-1-5(3-9)11-6(2-8)4-10/h1-2,9-10H,3-4H2/b5-1-,6-2-. The summed E-state index contributed by atoms with van der Waals surface area (Å²) in [5.41, 5.74) is 2.63. The zero-order valence-electron chi connectivity index (χ0n) is 5.63. The SMILES string of the molecule is OC/C(=C/Cl)[Se]/C(=C\Cl)CO. The van der Waals surface area contributed by atoms with Crippen molar-refractivity contribution in [2.24, 2.45) is 0 Å². The summed E-state index contributed by atoms with van der Waals surface area (Å²) in [6.07, 6.45) is 0. The van der Waals surface area contributed by atoms with E-state index in [0.717, 1.165) is 0 Å². The molecule has 0 aliphatic carbocycles. The average molecular weight is 262 g/mol. The molecule has 0 radical (unpaired) electrons. The molecule has 0 rings (SSSR count). The van der Waals surface area contributed by atoms with Crippen molar-refractivity contribution in [3.8, 4) is 0 Å². The van der Waals surface area contributed by atoms with Crippen LogP contribution in [0.1, 0.15) is 0 Å². The van der Waals surface area contributed by atoms with Gasteiger partial charge in [0.15, 0.2) is 0 Å². The van der Waals surface area contributed by atoms with Crippen LogP contribution in [-0.2, 0) is 0 Å². The van der Waals surface area contributed by atoms with Crippen molar-refractivity contribution >= 4 is 38.2 Å². The van der Waals surface area contributed by atoms with E-state index in [1.165, 1.54) is 11.1 Å². The first-order valence-electron chi connectivity index (χ1n) is 2.76. The molecule has 2 nitrogen and oxygen atoms in total. The van der Waals surface area contributed by atoms with E-state index in [4.69, 9.17) is 33.4 Å². The van der Waals surface area contributed by atoms with Gasteiger partial charge in [0.1, 0.15) is 0 Å². The number of halogens is 2. The van der Waals surface area contributed by atoms with Crippen molar-refractivity contribution in [1.82, 2.24) is 0 Å². The number of aliphatic hydroxyl groups is 2. The third kappa shape index (κ3) is 4.85. The topological polar surface area (TPSA) is 40.5 Å². The molecule has 0 aliphatic rings. The number of rotatable bonds is 4. The van der Waals surface area contributed by atoms with Gasteiger partial charge in [0.2, 0.25) is 0 Å². The molecule has 0 saturated carbocycles. The van der Waals surface area contributed by atoms with Crippen LogP contribution >= 0.6 is 23.2 Å². The van der Waals surface area contributed by atoms with E-state index in [1.54, 1.807) is 0 Å². The first kappa shape index (κ1) is 11.5. The van der Waals surface area contributed by atoms with Crippen molar-refractivity contribution in [2.75, 3.05) is 13.2 Å². The molecule has 2 N–H and O–H groups in total. The Morgan fingerprint density at radius 3 is 1.64 bits per heavy atom. The second-order valence-electron chi connectivity index (χ2n) is 1.57. The van der Waals surface area contributed by atoms with Crippen molar-refractivity contribution in [3.05, 3.63) is 20.0 Å². The molecule has 0 unspecified atom stereocenters. The van der Waals surface area contributed by atoms with E-state index in [-0.39, 0.29) is 28.2 Å². The fourth-order valence-corrected chi connectivity index (χ4v) is 2.11. The van der Waals surface area contributed by atoms with Crippen LogP contribution < -0.4 is 0 Å². The molecule has 0 aromatic heterocycles. The Balaban J connectivity index is 4.00. The quantitative estimate of drug-likeness (QED) is 0.737. The van der Waals surface area contributed by atoms with E-state index < -0.39 is 0 Å². The normalized spacial score (nSPS) is 13.8. The Kier molecular flexibility index (Phi) is 7.49. The van der Waals surface area contributed by atoms with Crippen LogP contribution in [0, 0.1) is 0 Å². The van der Waals surface area contributed by atoms with Gasteiger partial charge in [-0.05, 0) is 0 Å².